The van der Waals surface area contributed by atoms with Gasteiger partial charge in [-0.2, -0.15) is 0 Å². The first-order chi connectivity index (χ1) is 9.69. The van der Waals surface area contributed by atoms with Crippen LogP contribution >= 0.6 is 0 Å². The number of amides is 1. The predicted molar refractivity (Wildman–Crippen MR) is 80.4 cm³/mol. The van der Waals surface area contributed by atoms with Crippen molar-refractivity contribution in [2.24, 2.45) is 5.84 Å². The van der Waals surface area contributed by atoms with Gasteiger partial charge in [0.15, 0.2) is 0 Å². The van der Waals surface area contributed by atoms with Crippen LogP contribution in [0.2, 0.25) is 0 Å². The van der Waals surface area contributed by atoms with Crippen molar-refractivity contribution in [3.8, 4) is 0 Å². The van der Waals surface area contributed by atoms with Gasteiger partial charge in [0.1, 0.15) is 5.82 Å². The van der Waals surface area contributed by atoms with Gasteiger partial charge in [0.05, 0.1) is 0 Å². The maximum atomic E-state index is 12.3. The molecule has 1 aromatic rings. The lowest BCUT2D eigenvalue weighted by Gasteiger charge is -2.21. The number of nitrogen functional groups attached to an aromatic ring is 1. The van der Waals surface area contributed by atoms with Crippen LogP contribution in [0.15, 0.2) is 12.1 Å². The molecule has 1 fully saturated rings. The number of aromatic nitrogens is 1. The quantitative estimate of drug-likeness (QED) is 0.585. The Bertz CT molecular complexity index is 453. The minimum Gasteiger partial charge on any atom is -0.349 e. The minimum absolute atomic E-state index is 0.0300. The van der Waals surface area contributed by atoms with E-state index in [0.29, 0.717) is 17.4 Å². The Hall–Kier alpha value is -1.62. The maximum Gasteiger partial charge on any atom is 0.251 e. The lowest BCUT2D eigenvalue weighted by molar-refractivity contribution is 0.0930. The minimum atomic E-state index is -0.0300. The lowest BCUT2D eigenvalue weighted by atomic mass is 9.96. The average molecular weight is 276 g/mol. The third-order valence-corrected chi connectivity index (χ3v) is 3.80. The van der Waals surface area contributed by atoms with Crippen LogP contribution in [-0.4, -0.2) is 16.9 Å². The summed E-state index contributed by atoms with van der Waals surface area (Å²) in [5.41, 5.74) is 3.89. The van der Waals surface area contributed by atoms with Gasteiger partial charge in [0.2, 0.25) is 0 Å². The first-order valence-electron chi connectivity index (χ1n) is 7.45. The molecule has 5 nitrogen and oxygen atoms in total. The summed E-state index contributed by atoms with van der Waals surface area (Å²) >= 11 is 0. The molecule has 5 heteroatoms. The zero-order chi connectivity index (χ0) is 14.4. The molecule has 0 saturated heterocycles. The van der Waals surface area contributed by atoms with Gasteiger partial charge in [-0.25, -0.2) is 10.8 Å². The molecule has 1 aliphatic rings. The fourth-order valence-corrected chi connectivity index (χ4v) is 2.74. The van der Waals surface area contributed by atoms with Crippen LogP contribution in [0.25, 0.3) is 0 Å². The Morgan fingerprint density at radius 1 is 1.20 bits per heavy atom. The van der Waals surface area contributed by atoms with Gasteiger partial charge in [-0.05, 0) is 31.9 Å². The normalized spacial score (nSPS) is 17.1. The van der Waals surface area contributed by atoms with Crippen LogP contribution in [0.4, 0.5) is 5.82 Å². The Kier molecular flexibility index (Phi) is 5.35. The molecule has 0 radical (unpaired) electrons. The highest BCUT2D eigenvalue weighted by molar-refractivity contribution is 5.95. The van der Waals surface area contributed by atoms with Gasteiger partial charge < -0.3 is 10.7 Å². The van der Waals surface area contributed by atoms with Crippen LogP contribution in [0.3, 0.4) is 0 Å². The van der Waals surface area contributed by atoms with Crippen LogP contribution in [0, 0.1) is 6.92 Å². The summed E-state index contributed by atoms with van der Waals surface area (Å²) in [5, 5.41) is 3.15. The molecule has 20 heavy (non-hydrogen) atoms. The second kappa shape index (κ2) is 7.24. The number of nitrogens with zero attached hydrogens (tertiary/aromatic N) is 1. The van der Waals surface area contributed by atoms with E-state index in [2.05, 4.69) is 15.7 Å². The van der Waals surface area contributed by atoms with Crippen molar-refractivity contribution in [1.29, 1.82) is 0 Å². The molecule has 0 bridgehead atoms. The molecule has 1 heterocycles. The fourth-order valence-electron chi connectivity index (χ4n) is 2.74. The fraction of sp³-hybridized carbons (Fsp3) is 0.600. The van der Waals surface area contributed by atoms with Crippen molar-refractivity contribution in [1.82, 2.24) is 10.3 Å². The Labute approximate surface area is 120 Å². The number of hydrazine groups is 1. The summed E-state index contributed by atoms with van der Waals surface area (Å²) in [4.78, 5) is 16.5. The Morgan fingerprint density at radius 3 is 2.50 bits per heavy atom. The molecule has 1 amide bonds. The number of nitrogens with two attached hydrogens (primary N) is 1. The molecule has 0 aliphatic heterocycles. The van der Waals surface area contributed by atoms with Crippen molar-refractivity contribution in [3.63, 3.8) is 0 Å². The van der Waals surface area contributed by atoms with Crippen molar-refractivity contribution in [2.45, 2.75) is 57.9 Å². The molecular formula is C15H24N4O. The predicted octanol–water partition coefficient (Wildman–Crippen LogP) is 2.52. The summed E-state index contributed by atoms with van der Waals surface area (Å²) in [6.45, 7) is 1.85. The molecule has 1 aliphatic carbocycles. The molecule has 0 aromatic carbocycles. The van der Waals surface area contributed by atoms with Gasteiger partial charge in [0, 0.05) is 17.3 Å². The highest BCUT2D eigenvalue weighted by atomic mass is 16.1. The van der Waals surface area contributed by atoms with E-state index in [9.17, 15) is 4.79 Å². The van der Waals surface area contributed by atoms with Crippen molar-refractivity contribution < 1.29 is 4.79 Å². The molecule has 0 atom stereocenters. The number of pyridine rings is 1. The topological polar surface area (TPSA) is 80.0 Å². The summed E-state index contributed by atoms with van der Waals surface area (Å²) in [7, 11) is 0. The monoisotopic (exact) mass is 276 g/mol. The number of carbonyl (C=O) groups excluding carboxylic acids is 1. The van der Waals surface area contributed by atoms with E-state index in [1.54, 1.807) is 12.1 Å². The van der Waals surface area contributed by atoms with Crippen LogP contribution in [0.1, 0.15) is 61.0 Å². The average Bonchev–Trinajstić information content (AvgIpc) is 2.40. The zero-order valence-electron chi connectivity index (χ0n) is 12.1. The van der Waals surface area contributed by atoms with Crippen LogP contribution in [0.5, 0.6) is 0 Å². The molecule has 110 valence electrons. The van der Waals surface area contributed by atoms with E-state index in [4.69, 9.17) is 5.84 Å². The van der Waals surface area contributed by atoms with E-state index in [0.717, 1.165) is 18.5 Å². The van der Waals surface area contributed by atoms with E-state index in [1.807, 2.05) is 6.92 Å². The number of rotatable bonds is 3. The Balaban J connectivity index is 2.01. The summed E-state index contributed by atoms with van der Waals surface area (Å²) < 4.78 is 0. The van der Waals surface area contributed by atoms with Gasteiger partial charge in [-0.3, -0.25) is 4.79 Å². The first kappa shape index (κ1) is 14.8. The van der Waals surface area contributed by atoms with Crippen molar-refractivity contribution in [2.75, 3.05) is 5.43 Å². The molecule has 1 saturated carbocycles. The number of hydrogen-bond acceptors (Lipinski definition) is 4. The number of hydrogen-bond donors (Lipinski definition) is 3. The third-order valence-electron chi connectivity index (χ3n) is 3.80. The Morgan fingerprint density at radius 2 is 1.85 bits per heavy atom. The second-order valence-electron chi connectivity index (χ2n) is 5.54. The molecule has 4 N–H and O–H groups in total. The third kappa shape index (κ3) is 4.20. The highest BCUT2D eigenvalue weighted by Crippen LogP contribution is 2.18. The smallest absolute Gasteiger partial charge is 0.251 e. The van der Waals surface area contributed by atoms with Crippen LogP contribution in [-0.2, 0) is 0 Å². The SMILES string of the molecule is Cc1cc(C(=O)NC2CCCCCCC2)cc(NN)n1. The molecule has 0 spiro atoms. The van der Waals surface area contributed by atoms with Gasteiger partial charge >= 0.3 is 0 Å². The zero-order valence-corrected chi connectivity index (χ0v) is 12.1. The molecular weight excluding hydrogens is 252 g/mol. The van der Waals surface area contributed by atoms with Crippen molar-refractivity contribution in [3.05, 3.63) is 23.4 Å². The summed E-state index contributed by atoms with van der Waals surface area (Å²) in [6, 6.07) is 3.77. The largest absolute Gasteiger partial charge is 0.349 e. The lowest BCUT2D eigenvalue weighted by Crippen LogP contribution is -2.35. The van der Waals surface area contributed by atoms with Gasteiger partial charge in [-0.15, -0.1) is 0 Å². The standard InChI is InChI=1S/C15H24N4O/c1-11-9-12(10-14(17-11)19-16)15(20)18-13-7-5-3-2-4-6-8-13/h9-10,13H,2-8,16H2,1H3,(H,17,19)(H,18,20). The van der Waals surface area contributed by atoms with Crippen molar-refractivity contribution >= 4 is 11.7 Å². The first-order valence-corrected chi connectivity index (χ1v) is 7.45. The number of aryl methyl sites for hydroxylation is 1. The number of carbonyl (C=O) groups is 1. The van der Waals surface area contributed by atoms with Gasteiger partial charge in [0.25, 0.3) is 5.91 Å². The second-order valence-corrected chi connectivity index (χ2v) is 5.54. The summed E-state index contributed by atoms with van der Waals surface area (Å²) in [6.07, 6.45) is 8.46. The molecule has 2 rings (SSSR count). The maximum absolute atomic E-state index is 12.3. The van der Waals surface area contributed by atoms with E-state index in [-0.39, 0.29) is 5.91 Å². The molecule has 1 aromatic heterocycles. The van der Waals surface area contributed by atoms with E-state index in [1.165, 1.54) is 32.1 Å². The van der Waals surface area contributed by atoms with Crippen LogP contribution < -0.4 is 16.6 Å². The van der Waals surface area contributed by atoms with E-state index < -0.39 is 0 Å². The molecule has 0 unspecified atom stereocenters. The summed E-state index contributed by atoms with van der Waals surface area (Å²) in [5.74, 6) is 5.86. The number of anilines is 1. The van der Waals surface area contributed by atoms with Gasteiger partial charge in [-0.1, -0.05) is 32.1 Å². The van der Waals surface area contributed by atoms with E-state index >= 15 is 0 Å². The number of nitrogens with one attached hydrogen (secondary N) is 2. The highest BCUT2D eigenvalue weighted by Gasteiger charge is 2.16.